The monoisotopic (exact) mass is 238 g/mol. The van der Waals surface area contributed by atoms with Gasteiger partial charge in [0, 0.05) is 47.4 Å². The van der Waals surface area contributed by atoms with Crippen LogP contribution in [0.3, 0.4) is 0 Å². The fourth-order valence-electron chi connectivity index (χ4n) is 1.42. The Morgan fingerprint density at radius 3 is 1.53 bits per heavy atom. The van der Waals surface area contributed by atoms with E-state index in [-0.39, 0.29) is 0 Å². The van der Waals surface area contributed by atoms with Crippen molar-refractivity contribution in [1.82, 2.24) is 0 Å². The molecular weight excluding hydrogens is 224 g/mol. The van der Waals surface area contributed by atoms with Crippen LogP contribution < -0.4 is 0 Å². The average Bonchev–Trinajstić information content (AvgIpc) is 2.88. The molecule has 0 aromatic heterocycles. The number of hydrogen-bond donors (Lipinski definition) is 0. The lowest BCUT2D eigenvalue weighted by Crippen LogP contribution is -1.95. The number of hydrogen-bond acceptors (Lipinski definition) is 3. The summed E-state index contributed by atoms with van der Waals surface area (Å²) in [6, 6.07) is 0. The lowest BCUT2D eigenvalue weighted by molar-refractivity contribution is 0.740. The maximum atomic E-state index is 5.46. The first-order valence-corrected chi connectivity index (χ1v) is 6.88. The van der Waals surface area contributed by atoms with Gasteiger partial charge in [0.2, 0.25) is 0 Å². The molecule has 2 aliphatic rings. The zero-order chi connectivity index (χ0) is 10.3. The largest absolute Gasteiger partial charge is 0.247 e. The normalized spacial score (nSPS) is 19.7. The molecule has 0 aliphatic heterocycles. The molecular formula is C12H14OS2. The third-order valence-corrected chi connectivity index (χ3v) is 4.08. The van der Waals surface area contributed by atoms with Gasteiger partial charge in [0.25, 0.3) is 0 Å². The van der Waals surface area contributed by atoms with Gasteiger partial charge in [-0.3, -0.25) is 0 Å². The molecule has 0 amide bonds. The van der Waals surface area contributed by atoms with Crippen molar-refractivity contribution in [3.63, 3.8) is 0 Å². The van der Waals surface area contributed by atoms with Gasteiger partial charge in [0.15, 0.2) is 0 Å². The van der Waals surface area contributed by atoms with Gasteiger partial charge in [0.05, 0.1) is 0 Å². The molecule has 0 saturated carbocycles. The van der Waals surface area contributed by atoms with E-state index < -0.39 is 0 Å². The Bertz CT molecular complexity index is 251. The summed E-state index contributed by atoms with van der Waals surface area (Å²) in [5.74, 6) is 3.14. The van der Waals surface area contributed by atoms with Crippen molar-refractivity contribution in [1.29, 1.82) is 0 Å². The summed E-state index contributed by atoms with van der Waals surface area (Å²) in [5, 5.41) is 0. The molecule has 0 saturated heterocycles. The van der Waals surface area contributed by atoms with E-state index in [0.717, 1.165) is 11.5 Å². The zero-order valence-electron chi connectivity index (χ0n) is 8.41. The first-order valence-electron chi connectivity index (χ1n) is 5.06. The van der Waals surface area contributed by atoms with Gasteiger partial charge in [-0.25, -0.2) is 3.63 Å². The minimum atomic E-state index is 0.557. The maximum Gasteiger partial charge on any atom is 0.0308 e. The van der Waals surface area contributed by atoms with E-state index >= 15 is 0 Å². The van der Waals surface area contributed by atoms with Crippen molar-refractivity contribution in [2.45, 2.75) is 0 Å². The molecule has 80 valence electrons. The SMILES string of the molecule is C1=CC(CSOSCC2C=CC=C2)C=C1. The third-order valence-electron chi connectivity index (χ3n) is 2.27. The molecule has 0 spiro atoms. The molecule has 0 N–H and O–H groups in total. The van der Waals surface area contributed by atoms with Crippen LogP contribution in [-0.4, -0.2) is 11.5 Å². The predicted octanol–water partition coefficient (Wildman–Crippen LogP) is 3.78. The smallest absolute Gasteiger partial charge is 0.0308 e. The molecule has 3 heteroatoms. The summed E-state index contributed by atoms with van der Waals surface area (Å²) in [5.41, 5.74) is 0. The number of rotatable bonds is 6. The molecule has 0 unspecified atom stereocenters. The van der Waals surface area contributed by atoms with E-state index in [1.165, 1.54) is 0 Å². The standard InChI is InChI=1S/C12H14OS2/c1-2-6-11(5-1)9-14-13-15-10-12-7-3-4-8-12/h1-8,11-12H,9-10H2. The van der Waals surface area contributed by atoms with Crippen LogP contribution >= 0.6 is 24.1 Å². The zero-order valence-corrected chi connectivity index (χ0v) is 10.0. The molecule has 2 aliphatic carbocycles. The lowest BCUT2D eigenvalue weighted by atomic mass is 10.2. The Kier molecular flexibility index (Phi) is 4.64. The lowest BCUT2D eigenvalue weighted by Gasteiger charge is -2.05. The van der Waals surface area contributed by atoms with Crippen molar-refractivity contribution in [3.8, 4) is 0 Å². The second-order valence-electron chi connectivity index (χ2n) is 3.50. The summed E-state index contributed by atoms with van der Waals surface area (Å²) < 4.78 is 5.46. The summed E-state index contributed by atoms with van der Waals surface area (Å²) in [7, 11) is 0. The van der Waals surface area contributed by atoms with Crippen molar-refractivity contribution in [3.05, 3.63) is 48.6 Å². The Balaban J connectivity index is 1.48. The van der Waals surface area contributed by atoms with E-state index in [1.807, 2.05) is 0 Å². The van der Waals surface area contributed by atoms with Crippen molar-refractivity contribution < 1.29 is 3.63 Å². The molecule has 2 rings (SSSR count). The third kappa shape index (κ3) is 3.93. The summed E-state index contributed by atoms with van der Waals surface area (Å²) in [4.78, 5) is 0. The Hall–Kier alpha value is -0.380. The van der Waals surface area contributed by atoms with E-state index in [9.17, 15) is 0 Å². The summed E-state index contributed by atoms with van der Waals surface area (Å²) in [6.07, 6.45) is 17.2. The van der Waals surface area contributed by atoms with E-state index in [0.29, 0.717) is 11.8 Å². The Morgan fingerprint density at radius 1 is 0.733 bits per heavy atom. The summed E-state index contributed by atoms with van der Waals surface area (Å²) in [6.45, 7) is 0. The second kappa shape index (κ2) is 6.26. The minimum Gasteiger partial charge on any atom is -0.247 e. The van der Waals surface area contributed by atoms with Crippen molar-refractivity contribution in [2.75, 3.05) is 11.5 Å². The molecule has 15 heavy (non-hydrogen) atoms. The average molecular weight is 238 g/mol. The number of allylic oxidation sites excluding steroid dienone is 8. The molecule has 1 nitrogen and oxygen atoms in total. The van der Waals surface area contributed by atoms with Crippen LogP contribution in [-0.2, 0) is 3.63 Å². The summed E-state index contributed by atoms with van der Waals surface area (Å²) >= 11 is 3.09. The van der Waals surface area contributed by atoms with Gasteiger partial charge in [-0.2, -0.15) is 0 Å². The van der Waals surface area contributed by atoms with Crippen LogP contribution in [0.15, 0.2) is 48.6 Å². The van der Waals surface area contributed by atoms with Crippen LogP contribution in [0.25, 0.3) is 0 Å². The van der Waals surface area contributed by atoms with E-state index in [1.54, 1.807) is 24.1 Å². The predicted molar refractivity (Wildman–Crippen MR) is 69.5 cm³/mol. The highest BCUT2D eigenvalue weighted by Crippen LogP contribution is 2.24. The molecule has 0 fully saturated rings. The molecule has 0 bridgehead atoms. The molecule has 0 heterocycles. The molecule has 0 aromatic rings. The second-order valence-corrected chi connectivity index (χ2v) is 5.19. The molecule has 0 radical (unpaired) electrons. The van der Waals surface area contributed by atoms with Crippen LogP contribution in [0.2, 0.25) is 0 Å². The fourth-order valence-corrected chi connectivity index (χ4v) is 2.90. The van der Waals surface area contributed by atoms with E-state index in [2.05, 4.69) is 48.6 Å². The highest BCUT2D eigenvalue weighted by Gasteiger charge is 2.06. The van der Waals surface area contributed by atoms with Gasteiger partial charge in [-0.1, -0.05) is 48.6 Å². The quantitative estimate of drug-likeness (QED) is 0.515. The first-order chi connectivity index (χ1) is 7.45. The van der Waals surface area contributed by atoms with Crippen molar-refractivity contribution in [2.24, 2.45) is 11.8 Å². The van der Waals surface area contributed by atoms with Gasteiger partial charge >= 0.3 is 0 Å². The molecule has 0 aromatic carbocycles. The minimum absolute atomic E-state index is 0.557. The fraction of sp³-hybridized carbons (Fsp3) is 0.333. The van der Waals surface area contributed by atoms with Crippen LogP contribution in [0.4, 0.5) is 0 Å². The van der Waals surface area contributed by atoms with Gasteiger partial charge in [-0.05, 0) is 0 Å². The van der Waals surface area contributed by atoms with Crippen LogP contribution in [0.5, 0.6) is 0 Å². The first kappa shape index (κ1) is 11.1. The Morgan fingerprint density at radius 2 is 1.13 bits per heavy atom. The van der Waals surface area contributed by atoms with Crippen molar-refractivity contribution >= 4 is 24.1 Å². The van der Waals surface area contributed by atoms with Gasteiger partial charge in [-0.15, -0.1) is 0 Å². The van der Waals surface area contributed by atoms with Crippen LogP contribution in [0, 0.1) is 11.8 Å². The van der Waals surface area contributed by atoms with E-state index in [4.69, 9.17) is 3.63 Å². The van der Waals surface area contributed by atoms with Crippen LogP contribution in [0.1, 0.15) is 0 Å². The highest BCUT2D eigenvalue weighted by molar-refractivity contribution is 8.07. The highest BCUT2D eigenvalue weighted by atomic mass is 32.2. The maximum absolute atomic E-state index is 5.46. The molecule has 0 atom stereocenters. The van der Waals surface area contributed by atoms with Gasteiger partial charge in [0.1, 0.15) is 0 Å². The topological polar surface area (TPSA) is 9.23 Å². The Labute approximate surface area is 99.8 Å². The van der Waals surface area contributed by atoms with Gasteiger partial charge < -0.3 is 0 Å².